The number of nitrogens with one attached hydrogen (secondary N) is 2. The van der Waals surface area contributed by atoms with E-state index in [4.69, 9.17) is 4.52 Å². The van der Waals surface area contributed by atoms with E-state index in [0.717, 1.165) is 36.4 Å². The number of guanidine groups is 1. The third-order valence-corrected chi connectivity index (χ3v) is 4.36. The minimum atomic E-state index is -2.92. The van der Waals surface area contributed by atoms with E-state index in [1.54, 1.807) is 0 Å². The van der Waals surface area contributed by atoms with Crippen LogP contribution in [0.4, 0.5) is 0 Å². The molecule has 0 aromatic carbocycles. The van der Waals surface area contributed by atoms with Gasteiger partial charge in [-0.25, -0.2) is 13.4 Å². The molecule has 0 aliphatic rings. The fourth-order valence-electron chi connectivity index (χ4n) is 2.16. The van der Waals surface area contributed by atoms with Gasteiger partial charge >= 0.3 is 0 Å². The molecule has 0 aliphatic heterocycles. The summed E-state index contributed by atoms with van der Waals surface area (Å²) in [7, 11) is -2.92. The van der Waals surface area contributed by atoms with Gasteiger partial charge in [0.25, 0.3) is 0 Å². The van der Waals surface area contributed by atoms with Crippen molar-refractivity contribution < 1.29 is 12.9 Å². The highest BCUT2D eigenvalue weighted by atomic mass is 32.2. The van der Waals surface area contributed by atoms with Crippen LogP contribution in [0.25, 0.3) is 0 Å². The van der Waals surface area contributed by atoms with Crippen LogP contribution in [0, 0.1) is 0 Å². The van der Waals surface area contributed by atoms with Gasteiger partial charge in [-0.3, -0.25) is 0 Å². The quantitative estimate of drug-likeness (QED) is 0.398. The average Bonchev–Trinajstić information content (AvgIpc) is 2.89. The maximum absolute atomic E-state index is 11.1. The summed E-state index contributed by atoms with van der Waals surface area (Å²) in [6, 6.07) is 0. The Morgan fingerprint density at radius 1 is 1.22 bits per heavy atom. The van der Waals surface area contributed by atoms with Crippen LogP contribution in [0.2, 0.25) is 0 Å². The lowest BCUT2D eigenvalue weighted by molar-refractivity contribution is 0.380. The van der Waals surface area contributed by atoms with Crippen LogP contribution in [0.15, 0.2) is 9.52 Å². The zero-order chi connectivity index (χ0) is 17.3. The minimum Gasteiger partial charge on any atom is -0.361 e. The van der Waals surface area contributed by atoms with Gasteiger partial charge in [0.1, 0.15) is 15.6 Å². The highest BCUT2D eigenvalue weighted by molar-refractivity contribution is 7.90. The average molecular weight is 344 g/mol. The number of aryl methyl sites for hydroxylation is 2. The zero-order valence-corrected chi connectivity index (χ0v) is 15.3. The first-order chi connectivity index (χ1) is 10.9. The first kappa shape index (κ1) is 19.5. The molecule has 0 amide bonds. The second-order valence-electron chi connectivity index (χ2n) is 5.34. The largest absolute Gasteiger partial charge is 0.361 e. The summed E-state index contributed by atoms with van der Waals surface area (Å²) in [4.78, 5) is 4.55. The smallest absolute Gasteiger partial charge is 0.191 e. The van der Waals surface area contributed by atoms with E-state index in [1.807, 2.05) is 20.8 Å². The molecule has 0 spiro atoms. The van der Waals surface area contributed by atoms with Crippen molar-refractivity contribution in [2.24, 2.45) is 4.99 Å². The van der Waals surface area contributed by atoms with Crippen LogP contribution >= 0.6 is 0 Å². The normalized spacial score (nSPS) is 12.4. The molecule has 7 nitrogen and oxygen atoms in total. The summed E-state index contributed by atoms with van der Waals surface area (Å²) in [5.41, 5.74) is 1.99. The number of rotatable bonds is 9. The molecule has 1 aromatic rings. The van der Waals surface area contributed by atoms with Crippen LogP contribution < -0.4 is 10.6 Å². The Hall–Kier alpha value is -1.57. The van der Waals surface area contributed by atoms with E-state index in [2.05, 4.69) is 20.8 Å². The fourth-order valence-corrected chi connectivity index (χ4v) is 2.83. The number of nitrogens with zero attached hydrogens (tertiary/aromatic N) is 2. The van der Waals surface area contributed by atoms with Crippen LogP contribution in [0.5, 0.6) is 0 Å². The highest BCUT2D eigenvalue weighted by Gasteiger charge is 2.13. The first-order valence-corrected chi connectivity index (χ1v) is 10.1. The van der Waals surface area contributed by atoms with Crippen LogP contribution in [0.1, 0.15) is 44.2 Å². The summed E-state index contributed by atoms with van der Waals surface area (Å²) >= 11 is 0. The van der Waals surface area contributed by atoms with Gasteiger partial charge in [-0.2, -0.15) is 0 Å². The van der Waals surface area contributed by atoms with Crippen molar-refractivity contribution in [2.75, 3.05) is 25.1 Å². The molecule has 1 aromatic heterocycles. The van der Waals surface area contributed by atoms with Gasteiger partial charge < -0.3 is 15.2 Å². The molecule has 0 fully saturated rings. The third kappa shape index (κ3) is 7.02. The van der Waals surface area contributed by atoms with Crippen molar-refractivity contribution in [3.05, 3.63) is 17.0 Å². The van der Waals surface area contributed by atoms with Gasteiger partial charge in [0.15, 0.2) is 5.96 Å². The van der Waals surface area contributed by atoms with E-state index in [9.17, 15) is 8.42 Å². The number of aliphatic imine (C=N–C) groups is 1. The topological polar surface area (TPSA) is 96.6 Å². The summed E-state index contributed by atoms with van der Waals surface area (Å²) in [5.74, 6) is 1.72. The fraction of sp³-hybridized carbons (Fsp3) is 0.733. The Balaban J connectivity index is 2.66. The van der Waals surface area contributed by atoms with Gasteiger partial charge in [-0.15, -0.1) is 0 Å². The number of aromatic nitrogens is 1. The predicted molar refractivity (Wildman–Crippen MR) is 92.4 cm³/mol. The van der Waals surface area contributed by atoms with Crippen molar-refractivity contribution in [1.29, 1.82) is 0 Å². The second-order valence-corrected chi connectivity index (χ2v) is 7.60. The molecule has 0 atom stereocenters. The first-order valence-electron chi connectivity index (χ1n) is 8.07. The van der Waals surface area contributed by atoms with Crippen LogP contribution in [-0.4, -0.2) is 44.6 Å². The minimum absolute atomic E-state index is 0.172. The maximum Gasteiger partial charge on any atom is 0.191 e. The summed E-state index contributed by atoms with van der Waals surface area (Å²) in [6.07, 6.45) is 3.40. The van der Waals surface area contributed by atoms with Gasteiger partial charge in [0, 0.05) is 31.3 Å². The lowest BCUT2D eigenvalue weighted by Gasteiger charge is -2.11. The summed E-state index contributed by atoms with van der Waals surface area (Å²) in [5, 5.41) is 10.4. The standard InChI is InChI=1S/C15H28N4O3S/c1-5-13-12(14(6-2)22-19-13)11-18-15(16-7-3)17-9-8-10-23(4,20)21/h5-11H2,1-4H3,(H2,16,17,18). The van der Waals surface area contributed by atoms with E-state index >= 15 is 0 Å². The number of hydrogen-bond acceptors (Lipinski definition) is 5. The Morgan fingerprint density at radius 2 is 1.96 bits per heavy atom. The van der Waals surface area contributed by atoms with Crippen molar-refractivity contribution in [1.82, 2.24) is 15.8 Å². The van der Waals surface area contributed by atoms with E-state index in [1.165, 1.54) is 6.26 Å². The molecular weight excluding hydrogens is 316 g/mol. The molecule has 23 heavy (non-hydrogen) atoms. The van der Waals surface area contributed by atoms with E-state index in [0.29, 0.717) is 25.5 Å². The van der Waals surface area contributed by atoms with Crippen molar-refractivity contribution in [2.45, 2.75) is 46.6 Å². The Bertz CT molecular complexity index is 587. The SMILES string of the molecule is CCNC(=NCc1c(CC)noc1CC)NCCCS(C)(=O)=O. The highest BCUT2D eigenvalue weighted by Crippen LogP contribution is 2.16. The van der Waals surface area contributed by atoms with Crippen LogP contribution in [0.3, 0.4) is 0 Å². The number of hydrogen-bond donors (Lipinski definition) is 2. The van der Waals surface area contributed by atoms with Gasteiger partial charge in [0.05, 0.1) is 18.0 Å². The van der Waals surface area contributed by atoms with Crippen molar-refractivity contribution in [3.8, 4) is 0 Å². The predicted octanol–water partition coefficient (Wildman–Crippen LogP) is 1.29. The monoisotopic (exact) mass is 344 g/mol. The molecule has 0 bridgehead atoms. The number of sulfone groups is 1. The van der Waals surface area contributed by atoms with Crippen molar-refractivity contribution >= 4 is 15.8 Å². The Morgan fingerprint density at radius 3 is 2.52 bits per heavy atom. The molecule has 1 heterocycles. The zero-order valence-electron chi connectivity index (χ0n) is 14.5. The molecule has 8 heteroatoms. The molecular formula is C15H28N4O3S. The molecule has 0 radical (unpaired) electrons. The summed E-state index contributed by atoms with van der Waals surface area (Å²) < 4.78 is 27.6. The van der Waals surface area contributed by atoms with Crippen LogP contribution in [-0.2, 0) is 29.2 Å². The lowest BCUT2D eigenvalue weighted by Crippen LogP contribution is -2.38. The molecule has 0 unspecified atom stereocenters. The lowest BCUT2D eigenvalue weighted by atomic mass is 10.1. The molecule has 132 valence electrons. The Labute approximate surface area is 138 Å². The van der Waals surface area contributed by atoms with E-state index in [-0.39, 0.29) is 5.75 Å². The Kier molecular flexibility index (Phi) is 8.08. The third-order valence-electron chi connectivity index (χ3n) is 3.33. The van der Waals surface area contributed by atoms with Gasteiger partial charge in [-0.1, -0.05) is 19.0 Å². The molecule has 1 rings (SSSR count). The van der Waals surface area contributed by atoms with Crippen molar-refractivity contribution in [3.63, 3.8) is 0 Å². The molecule has 2 N–H and O–H groups in total. The molecule has 0 saturated heterocycles. The van der Waals surface area contributed by atoms with E-state index < -0.39 is 9.84 Å². The maximum atomic E-state index is 11.1. The van der Waals surface area contributed by atoms with Gasteiger partial charge in [-0.05, 0) is 19.8 Å². The summed E-state index contributed by atoms with van der Waals surface area (Å²) in [6.45, 7) is 7.85. The molecule has 0 saturated carbocycles. The second kappa shape index (κ2) is 9.54. The van der Waals surface area contributed by atoms with Gasteiger partial charge in [0.2, 0.25) is 0 Å². The molecule has 0 aliphatic carbocycles.